The first-order valence-electron chi connectivity index (χ1n) is 7.39. The van der Waals surface area contributed by atoms with Gasteiger partial charge in [-0.05, 0) is 17.7 Å². The van der Waals surface area contributed by atoms with Crippen LogP contribution in [-0.4, -0.2) is 23.3 Å². The van der Waals surface area contributed by atoms with Gasteiger partial charge in [0.1, 0.15) is 5.69 Å². The molecule has 5 nitrogen and oxygen atoms in total. The van der Waals surface area contributed by atoms with E-state index in [2.05, 4.69) is 15.6 Å². The van der Waals surface area contributed by atoms with Gasteiger partial charge >= 0.3 is 0 Å². The Bertz CT molecular complexity index is 791. The number of hydrogen-bond donors (Lipinski definition) is 3. The fraction of sp³-hybridized carbons (Fsp3) is 0.111. The number of H-pyrrole nitrogens is 1. The number of nitrogens with one attached hydrogen (secondary N) is 3. The van der Waals surface area contributed by atoms with Crippen LogP contribution in [0.3, 0.4) is 0 Å². The summed E-state index contributed by atoms with van der Waals surface area (Å²) >= 11 is 0. The van der Waals surface area contributed by atoms with Crippen molar-refractivity contribution in [2.75, 3.05) is 6.54 Å². The summed E-state index contributed by atoms with van der Waals surface area (Å²) in [4.78, 5) is 26.9. The van der Waals surface area contributed by atoms with Crippen LogP contribution in [0, 0.1) is 0 Å². The van der Waals surface area contributed by atoms with Crippen LogP contribution in [0.1, 0.15) is 16.1 Å². The van der Waals surface area contributed by atoms with E-state index in [1.54, 1.807) is 6.07 Å². The predicted molar refractivity (Wildman–Crippen MR) is 88.9 cm³/mol. The third-order valence-corrected chi connectivity index (χ3v) is 3.52. The average Bonchev–Trinajstić information content (AvgIpc) is 3.03. The van der Waals surface area contributed by atoms with Gasteiger partial charge in [0.15, 0.2) is 0 Å². The monoisotopic (exact) mass is 307 g/mol. The summed E-state index contributed by atoms with van der Waals surface area (Å²) < 4.78 is 0. The Balaban J connectivity index is 1.51. The molecule has 0 bridgehead atoms. The summed E-state index contributed by atoms with van der Waals surface area (Å²) in [6.45, 7) is 0.392. The van der Waals surface area contributed by atoms with E-state index in [0.29, 0.717) is 12.2 Å². The van der Waals surface area contributed by atoms with Gasteiger partial charge in [0, 0.05) is 17.4 Å². The van der Waals surface area contributed by atoms with E-state index < -0.39 is 0 Å². The fourth-order valence-electron chi connectivity index (χ4n) is 2.31. The van der Waals surface area contributed by atoms with E-state index in [1.807, 2.05) is 54.6 Å². The molecule has 116 valence electrons. The molecule has 3 aromatic rings. The lowest BCUT2D eigenvalue weighted by Gasteiger charge is -2.06. The second kappa shape index (κ2) is 6.79. The van der Waals surface area contributed by atoms with Crippen LogP contribution < -0.4 is 10.6 Å². The normalized spacial score (nSPS) is 10.4. The highest BCUT2D eigenvalue weighted by Gasteiger charge is 2.10. The number of aromatic nitrogens is 1. The van der Waals surface area contributed by atoms with Gasteiger partial charge in [-0.2, -0.15) is 0 Å². The SMILES string of the molecule is O=C(CNC(=O)c1cc2ccccc2[nH]1)NCc1ccccc1. The molecule has 1 aromatic heterocycles. The summed E-state index contributed by atoms with van der Waals surface area (Å²) in [7, 11) is 0. The van der Waals surface area contributed by atoms with Crippen LogP contribution in [0.15, 0.2) is 60.7 Å². The van der Waals surface area contributed by atoms with Crippen molar-refractivity contribution in [2.45, 2.75) is 6.54 Å². The van der Waals surface area contributed by atoms with Gasteiger partial charge in [-0.25, -0.2) is 0 Å². The Kier molecular flexibility index (Phi) is 4.38. The Morgan fingerprint density at radius 3 is 2.43 bits per heavy atom. The zero-order chi connectivity index (χ0) is 16.1. The lowest BCUT2D eigenvalue weighted by atomic mass is 10.2. The van der Waals surface area contributed by atoms with Crippen LogP contribution in [0.2, 0.25) is 0 Å². The van der Waals surface area contributed by atoms with Gasteiger partial charge in [0.2, 0.25) is 5.91 Å². The number of carbonyl (C=O) groups excluding carboxylic acids is 2. The second-order valence-electron chi connectivity index (χ2n) is 5.22. The van der Waals surface area contributed by atoms with E-state index >= 15 is 0 Å². The number of para-hydroxylation sites is 1. The minimum atomic E-state index is -0.295. The first-order chi connectivity index (χ1) is 11.2. The molecule has 0 aliphatic heterocycles. The van der Waals surface area contributed by atoms with Crippen molar-refractivity contribution in [3.63, 3.8) is 0 Å². The maximum absolute atomic E-state index is 12.1. The van der Waals surface area contributed by atoms with Crippen molar-refractivity contribution in [1.82, 2.24) is 15.6 Å². The molecule has 0 atom stereocenters. The van der Waals surface area contributed by atoms with Gasteiger partial charge in [-0.15, -0.1) is 0 Å². The fourth-order valence-corrected chi connectivity index (χ4v) is 2.31. The van der Waals surface area contributed by atoms with Gasteiger partial charge in [0.25, 0.3) is 5.91 Å². The van der Waals surface area contributed by atoms with Crippen molar-refractivity contribution >= 4 is 22.7 Å². The highest BCUT2D eigenvalue weighted by Crippen LogP contribution is 2.14. The van der Waals surface area contributed by atoms with Crippen LogP contribution in [0.5, 0.6) is 0 Å². The molecule has 2 aromatic carbocycles. The predicted octanol–water partition coefficient (Wildman–Crippen LogP) is 2.21. The molecule has 0 aliphatic rings. The topological polar surface area (TPSA) is 74.0 Å². The first-order valence-corrected chi connectivity index (χ1v) is 7.39. The molecule has 0 saturated carbocycles. The zero-order valence-electron chi connectivity index (χ0n) is 12.5. The number of benzene rings is 2. The largest absolute Gasteiger partial charge is 0.351 e. The third-order valence-electron chi connectivity index (χ3n) is 3.52. The Hall–Kier alpha value is -3.08. The lowest BCUT2D eigenvalue weighted by molar-refractivity contribution is -0.120. The van der Waals surface area contributed by atoms with E-state index in [0.717, 1.165) is 16.5 Å². The number of hydrogen-bond acceptors (Lipinski definition) is 2. The van der Waals surface area contributed by atoms with Gasteiger partial charge in [-0.3, -0.25) is 9.59 Å². The van der Waals surface area contributed by atoms with Crippen molar-refractivity contribution < 1.29 is 9.59 Å². The Morgan fingerprint density at radius 2 is 1.65 bits per heavy atom. The molecule has 0 radical (unpaired) electrons. The summed E-state index contributed by atoms with van der Waals surface area (Å²) in [6.07, 6.45) is 0. The molecule has 0 unspecified atom stereocenters. The molecule has 0 spiro atoms. The Morgan fingerprint density at radius 1 is 0.913 bits per heavy atom. The molecule has 2 amide bonds. The van der Waals surface area contributed by atoms with Crippen molar-refractivity contribution in [2.24, 2.45) is 0 Å². The molecule has 1 heterocycles. The minimum Gasteiger partial charge on any atom is -0.351 e. The van der Waals surface area contributed by atoms with Crippen molar-refractivity contribution in [3.8, 4) is 0 Å². The number of rotatable bonds is 5. The maximum atomic E-state index is 12.1. The summed E-state index contributed by atoms with van der Waals surface area (Å²) in [5.41, 5.74) is 2.36. The van der Waals surface area contributed by atoms with E-state index in [1.165, 1.54) is 0 Å². The standard InChI is InChI=1S/C18H17N3O2/c22-17(19-11-13-6-2-1-3-7-13)12-20-18(23)16-10-14-8-4-5-9-15(14)21-16/h1-10,21H,11-12H2,(H,19,22)(H,20,23). The highest BCUT2D eigenvalue weighted by molar-refractivity contribution is 5.99. The van der Waals surface area contributed by atoms with Crippen LogP contribution in [-0.2, 0) is 11.3 Å². The zero-order valence-corrected chi connectivity index (χ0v) is 12.5. The third kappa shape index (κ3) is 3.77. The summed E-state index contributed by atoms with van der Waals surface area (Å²) in [6, 6.07) is 19.0. The van der Waals surface area contributed by atoms with E-state index in [-0.39, 0.29) is 18.4 Å². The smallest absolute Gasteiger partial charge is 0.268 e. The number of amides is 2. The number of carbonyl (C=O) groups is 2. The number of fused-ring (bicyclic) bond motifs is 1. The van der Waals surface area contributed by atoms with E-state index in [9.17, 15) is 9.59 Å². The molecule has 3 rings (SSSR count). The molecule has 23 heavy (non-hydrogen) atoms. The van der Waals surface area contributed by atoms with Gasteiger partial charge < -0.3 is 15.6 Å². The highest BCUT2D eigenvalue weighted by atomic mass is 16.2. The molecular formula is C18H17N3O2. The molecule has 0 saturated heterocycles. The average molecular weight is 307 g/mol. The van der Waals surface area contributed by atoms with Crippen LogP contribution in [0.4, 0.5) is 0 Å². The van der Waals surface area contributed by atoms with Gasteiger partial charge in [-0.1, -0.05) is 48.5 Å². The minimum absolute atomic E-state index is 0.0545. The second-order valence-corrected chi connectivity index (χ2v) is 5.22. The summed E-state index contributed by atoms with van der Waals surface area (Å²) in [5, 5.41) is 6.35. The van der Waals surface area contributed by atoms with Crippen molar-refractivity contribution in [3.05, 3.63) is 71.9 Å². The number of aromatic amines is 1. The molecular weight excluding hydrogens is 290 g/mol. The van der Waals surface area contributed by atoms with Gasteiger partial charge in [0.05, 0.1) is 6.54 Å². The lowest BCUT2D eigenvalue weighted by Crippen LogP contribution is -2.36. The Labute approximate surface area is 133 Å². The quantitative estimate of drug-likeness (QED) is 0.676. The molecule has 0 aliphatic carbocycles. The van der Waals surface area contributed by atoms with Crippen LogP contribution in [0.25, 0.3) is 10.9 Å². The molecule has 0 fully saturated rings. The van der Waals surface area contributed by atoms with E-state index in [4.69, 9.17) is 0 Å². The summed E-state index contributed by atoms with van der Waals surface area (Å²) in [5.74, 6) is -0.519. The first kappa shape index (κ1) is 14.8. The van der Waals surface area contributed by atoms with Crippen LogP contribution >= 0.6 is 0 Å². The molecule has 3 N–H and O–H groups in total. The van der Waals surface area contributed by atoms with Crippen molar-refractivity contribution in [1.29, 1.82) is 0 Å². The molecule has 5 heteroatoms. The maximum Gasteiger partial charge on any atom is 0.268 e.